The number of nitrogens with one attached hydrogen (secondary N) is 1. The Morgan fingerprint density at radius 3 is 2.62 bits per heavy atom. The van der Waals surface area contributed by atoms with E-state index in [1.165, 1.54) is 44.6 Å². The van der Waals surface area contributed by atoms with Crippen molar-refractivity contribution < 1.29 is 32.2 Å². The van der Waals surface area contributed by atoms with Crippen LogP contribution in [0.3, 0.4) is 0 Å². The van der Waals surface area contributed by atoms with E-state index in [4.69, 9.17) is 21.1 Å². The van der Waals surface area contributed by atoms with Gasteiger partial charge in [-0.2, -0.15) is 18.3 Å². The molecule has 0 spiro atoms. The normalized spacial score (nSPS) is 12.2. The molecule has 1 atom stereocenters. The van der Waals surface area contributed by atoms with Crippen molar-refractivity contribution in [3.63, 3.8) is 0 Å². The number of aromatic nitrogens is 3. The van der Waals surface area contributed by atoms with Crippen molar-refractivity contribution in [1.82, 2.24) is 14.8 Å². The SMILES string of the molecule is COc1cn(-c2cccc(C(F)(F)F)c2)nc1C(=O)OC(C)C(=O)Nc1cccnc1Cl. The lowest BCUT2D eigenvalue weighted by atomic mass is 10.2. The van der Waals surface area contributed by atoms with Gasteiger partial charge in [0, 0.05) is 6.20 Å². The minimum Gasteiger partial charge on any atom is -0.493 e. The van der Waals surface area contributed by atoms with E-state index in [1.807, 2.05) is 0 Å². The zero-order valence-corrected chi connectivity index (χ0v) is 17.4. The zero-order chi connectivity index (χ0) is 23.5. The maximum atomic E-state index is 13.0. The second kappa shape index (κ2) is 9.27. The van der Waals surface area contributed by atoms with Crippen LogP contribution in [0.15, 0.2) is 48.8 Å². The first-order valence-electron chi connectivity index (χ1n) is 9.04. The molecule has 0 aliphatic heterocycles. The Hall–Kier alpha value is -3.60. The number of benzene rings is 1. The smallest absolute Gasteiger partial charge is 0.416 e. The third kappa shape index (κ3) is 5.17. The van der Waals surface area contributed by atoms with Crippen LogP contribution in [0.2, 0.25) is 5.15 Å². The van der Waals surface area contributed by atoms with Crippen LogP contribution in [0, 0.1) is 0 Å². The molecule has 8 nitrogen and oxygen atoms in total. The van der Waals surface area contributed by atoms with Gasteiger partial charge >= 0.3 is 12.1 Å². The van der Waals surface area contributed by atoms with Gasteiger partial charge in [-0.3, -0.25) is 4.79 Å². The number of methoxy groups -OCH3 is 1. The molecule has 3 rings (SSSR count). The van der Waals surface area contributed by atoms with Gasteiger partial charge in [-0.25, -0.2) is 14.5 Å². The molecule has 12 heteroatoms. The van der Waals surface area contributed by atoms with Crippen molar-refractivity contribution in [3.8, 4) is 11.4 Å². The van der Waals surface area contributed by atoms with E-state index in [0.29, 0.717) is 0 Å². The molecule has 1 aromatic carbocycles. The summed E-state index contributed by atoms with van der Waals surface area (Å²) in [7, 11) is 1.25. The second-order valence-corrected chi connectivity index (χ2v) is 6.78. The zero-order valence-electron chi connectivity index (χ0n) is 16.7. The van der Waals surface area contributed by atoms with Crippen LogP contribution < -0.4 is 10.1 Å². The Morgan fingerprint density at radius 1 is 1.22 bits per heavy atom. The van der Waals surface area contributed by atoms with Crippen LogP contribution >= 0.6 is 11.6 Å². The second-order valence-electron chi connectivity index (χ2n) is 6.42. The van der Waals surface area contributed by atoms with Gasteiger partial charge in [-0.15, -0.1) is 0 Å². The lowest BCUT2D eigenvalue weighted by Crippen LogP contribution is -2.30. The Balaban J connectivity index is 1.78. The van der Waals surface area contributed by atoms with E-state index < -0.39 is 29.7 Å². The van der Waals surface area contributed by atoms with Crippen LogP contribution in [0.4, 0.5) is 18.9 Å². The molecule has 0 saturated carbocycles. The minimum absolute atomic E-state index is 0.0460. The number of alkyl halides is 3. The summed E-state index contributed by atoms with van der Waals surface area (Å²) in [6.07, 6.45) is -3.13. The Labute approximate surface area is 184 Å². The van der Waals surface area contributed by atoms with E-state index in [1.54, 1.807) is 6.07 Å². The molecule has 0 bridgehead atoms. The summed E-state index contributed by atoms with van der Waals surface area (Å²) in [4.78, 5) is 28.7. The van der Waals surface area contributed by atoms with Crippen LogP contribution in [0.1, 0.15) is 23.0 Å². The molecule has 3 aromatic rings. The van der Waals surface area contributed by atoms with E-state index in [-0.39, 0.29) is 28.0 Å². The fourth-order valence-corrected chi connectivity index (χ4v) is 2.76. The first-order valence-corrected chi connectivity index (χ1v) is 9.41. The van der Waals surface area contributed by atoms with Crippen molar-refractivity contribution in [2.24, 2.45) is 0 Å². The van der Waals surface area contributed by atoms with Gasteiger partial charge in [-0.05, 0) is 37.3 Å². The fourth-order valence-electron chi connectivity index (χ4n) is 2.59. The Morgan fingerprint density at radius 2 is 1.97 bits per heavy atom. The molecule has 0 saturated heterocycles. The standard InChI is InChI=1S/C20H16ClF3N4O4/c1-11(18(29)26-14-7-4-8-25-17(14)21)32-19(30)16-15(31-2)10-28(27-16)13-6-3-5-12(9-13)20(22,23)24/h3-11H,1-2H3,(H,26,29). The van der Waals surface area contributed by atoms with Crippen molar-refractivity contribution in [3.05, 3.63) is 65.2 Å². The van der Waals surface area contributed by atoms with Crippen molar-refractivity contribution in [2.75, 3.05) is 12.4 Å². The number of carbonyl (C=O) groups excluding carboxylic acids is 2. The molecular formula is C20H16ClF3N4O4. The Bertz CT molecular complexity index is 1150. The highest BCUT2D eigenvalue weighted by Gasteiger charge is 2.31. The number of hydrogen-bond acceptors (Lipinski definition) is 6. The summed E-state index contributed by atoms with van der Waals surface area (Å²) in [5.41, 5.74) is -0.917. The van der Waals surface area contributed by atoms with Crippen LogP contribution in [0.25, 0.3) is 5.69 Å². The summed E-state index contributed by atoms with van der Waals surface area (Å²) < 4.78 is 50.2. The third-order valence-electron chi connectivity index (χ3n) is 4.20. The van der Waals surface area contributed by atoms with Gasteiger partial charge in [0.2, 0.25) is 5.69 Å². The average molecular weight is 469 g/mol. The van der Waals surface area contributed by atoms with Crippen LogP contribution in [-0.2, 0) is 15.7 Å². The van der Waals surface area contributed by atoms with Gasteiger partial charge in [0.1, 0.15) is 0 Å². The molecular weight excluding hydrogens is 453 g/mol. The molecule has 1 amide bonds. The first kappa shape index (κ1) is 23.1. The molecule has 1 N–H and O–H groups in total. The lowest BCUT2D eigenvalue weighted by molar-refractivity contribution is -0.137. The van der Waals surface area contributed by atoms with Gasteiger partial charge in [-0.1, -0.05) is 17.7 Å². The maximum Gasteiger partial charge on any atom is 0.416 e. The third-order valence-corrected chi connectivity index (χ3v) is 4.50. The highest BCUT2D eigenvalue weighted by atomic mass is 35.5. The van der Waals surface area contributed by atoms with Crippen molar-refractivity contribution >= 4 is 29.2 Å². The molecule has 168 valence electrons. The topological polar surface area (TPSA) is 95.3 Å². The molecule has 32 heavy (non-hydrogen) atoms. The van der Waals surface area contributed by atoms with E-state index in [2.05, 4.69) is 15.4 Å². The molecule has 2 aromatic heterocycles. The predicted octanol–water partition coefficient (Wildman–Crippen LogP) is 4.13. The number of hydrogen-bond donors (Lipinski definition) is 1. The molecule has 1 unspecified atom stereocenters. The number of esters is 1. The number of ether oxygens (including phenoxy) is 2. The summed E-state index contributed by atoms with van der Waals surface area (Å²) in [5, 5.41) is 6.50. The number of amides is 1. The number of rotatable bonds is 6. The Kier molecular flexibility index (Phi) is 6.68. The highest BCUT2D eigenvalue weighted by Crippen LogP contribution is 2.31. The van der Waals surface area contributed by atoms with Gasteiger partial charge in [0.25, 0.3) is 5.91 Å². The lowest BCUT2D eigenvalue weighted by Gasteiger charge is -2.13. The number of pyridine rings is 1. The summed E-state index contributed by atoms with van der Waals surface area (Å²) in [5.74, 6) is -1.73. The highest BCUT2D eigenvalue weighted by molar-refractivity contribution is 6.32. The first-order chi connectivity index (χ1) is 15.1. The van der Waals surface area contributed by atoms with Crippen LogP contribution in [0.5, 0.6) is 5.75 Å². The number of anilines is 1. The van der Waals surface area contributed by atoms with Crippen molar-refractivity contribution in [2.45, 2.75) is 19.2 Å². The number of carbonyl (C=O) groups is 2. The quantitative estimate of drug-likeness (QED) is 0.431. The fraction of sp³-hybridized carbons (Fsp3) is 0.200. The predicted molar refractivity (Wildman–Crippen MR) is 108 cm³/mol. The summed E-state index contributed by atoms with van der Waals surface area (Å²) >= 11 is 5.88. The average Bonchev–Trinajstić information content (AvgIpc) is 3.19. The number of halogens is 4. The molecule has 0 radical (unpaired) electrons. The molecule has 2 heterocycles. The monoisotopic (exact) mass is 468 g/mol. The van der Waals surface area contributed by atoms with Gasteiger partial charge in [0.05, 0.1) is 30.2 Å². The van der Waals surface area contributed by atoms with Crippen LogP contribution in [-0.4, -0.2) is 39.9 Å². The molecule has 0 fully saturated rings. The van der Waals surface area contributed by atoms with E-state index >= 15 is 0 Å². The van der Waals surface area contributed by atoms with Gasteiger partial charge in [0.15, 0.2) is 17.0 Å². The van der Waals surface area contributed by atoms with Gasteiger partial charge < -0.3 is 14.8 Å². The maximum absolute atomic E-state index is 13.0. The summed E-state index contributed by atoms with van der Waals surface area (Å²) in [6, 6.07) is 7.44. The molecule has 0 aliphatic carbocycles. The summed E-state index contributed by atoms with van der Waals surface area (Å²) in [6.45, 7) is 1.33. The number of nitrogens with zero attached hydrogens (tertiary/aromatic N) is 3. The van der Waals surface area contributed by atoms with E-state index in [0.717, 1.165) is 16.8 Å². The van der Waals surface area contributed by atoms with E-state index in [9.17, 15) is 22.8 Å². The minimum atomic E-state index is -4.55. The largest absolute Gasteiger partial charge is 0.493 e. The molecule has 0 aliphatic rings. The van der Waals surface area contributed by atoms with Crippen molar-refractivity contribution in [1.29, 1.82) is 0 Å².